The zero-order valence-electron chi connectivity index (χ0n) is 13.9. The largest absolute Gasteiger partial charge is 0.391 e. The number of hydrogen-bond donors (Lipinski definition) is 2. The van der Waals surface area contributed by atoms with Gasteiger partial charge in [0.1, 0.15) is 0 Å². The average molecular weight is 318 g/mol. The first-order chi connectivity index (χ1) is 11.0. The molecule has 1 aromatic rings. The zero-order valence-corrected chi connectivity index (χ0v) is 13.9. The highest BCUT2D eigenvalue weighted by molar-refractivity contribution is 5.89. The molecule has 126 valence electrons. The van der Waals surface area contributed by atoms with Crippen LogP contribution in [0.15, 0.2) is 30.3 Å². The van der Waals surface area contributed by atoms with E-state index in [9.17, 15) is 14.7 Å². The van der Waals surface area contributed by atoms with Crippen molar-refractivity contribution < 1.29 is 14.7 Å². The van der Waals surface area contributed by atoms with E-state index < -0.39 is 6.10 Å². The minimum Gasteiger partial charge on any atom is -0.391 e. The summed E-state index contributed by atoms with van der Waals surface area (Å²) in [6, 6.07) is 9.77. The summed E-state index contributed by atoms with van der Waals surface area (Å²) >= 11 is 0. The van der Waals surface area contributed by atoms with Crippen molar-refractivity contribution >= 4 is 11.8 Å². The number of nitrogens with one attached hydrogen (secondary N) is 1. The van der Waals surface area contributed by atoms with E-state index in [0.717, 1.165) is 5.56 Å². The van der Waals surface area contributed by atoms with Gasteiger partial charge in [0, 0.05) is 26.1 Å². The van der Waals surface area contributed by atoms with Gasteiger partial charge in [-0.25, -0.2) is 0 Å². The summed E-state index contributed by atoms with van der Waals surface area (Å²) < 4.78 is 0. The van der Waals surface area contributed by atoms with Crippen molar-refractivity contribution in [1.29, 1.82) is 0 Å². The molecular formula is C18H26N2O3. The Kier molecular flexibility index (Phi) is 6.16. The molecule has 2 rings (SSSR count). The molecule has 0 saturated carbocycles. The molecule has 23 heavy (non-hydrogen) atoms. The monoisotopic (exact) mass is 318 g/mol. The van der Waals surface area contributed by atoms with E-state index in [2.05, 4.69) is 5.32 Å². The van der Waals surface area contributed by atoms with Crippen molar-refractivity contribution in [2.45, 2.75) is 39.3 Å². The third-order valence-electron chi connectivity index (χ3n) is 4.06. The van der Waals surface area contributed by atoms with Crippen LogP contribution in [0.4, 0.5) is 0 Å². The van der Waals surface area contributed by atoms with E-state index >= 15 is 0 Å². The Labute approximate surface area is 137 Å². The van der Waals surface area contributed by atoms with Gasteiger partial charge < -0.3 is 15.3 Å². The van der Waals surface area contributed by atoms with Crippen LogP contribution in [-0.2, 0) is 16.1 Å². The van der Waals surface area contributed by atoms with Gasteiger partial charge in [0.15, 0.2) is 0 Å². The van der Waals surface area contributed by atoms with Crippen LogP contribution in [0.1, 0.15) is 32.3 Å². The molecule has 5 nitrogen and oxygen atoms in total. The third-order valence-corrected chi connectivity index (χ3v) is 4.06. The Bertz CT molecular complexity index is 530. The smallest absolute Gasteiger partial charge is 0.225 e. The highest BCUT2D eigenvalue weighted by atomic mass is 16.3. The molecule has 2 atom stereocenters. The summed E-state index contributed by atoms with van der Waals surface area (Å²) in [6.07, 6.45) is 0.375. The Morgan fingerprint density at radius 3 is 2.70 bits per heavy atom. The number of carbonyl (C=O) groups excluding carboxylic acids is 2. The first-order valence-electron chi connectivity index (χ1n) is 8.23. The number of likely N-dealkylation sites (tertiary alicyclic amines) is 1. The maximum Gasteiger partial charge on any atom is 0.225 e. The van der Waals surface area contributed by atoms with Crippen LogP contribution in [-0.4, -0.2) is 41.0 Å². The number of benzene rings is 1. The second kappa shape index (κ2) is 8.11. The van der Waals surface area contributed by atoms with Crippen LogP contribution in [0.25, 0.3) is 0 Å². The van der Waals surface area contributed by atoms with E-state index in [-0.39, 0.29) is 30.7 Å². The molecule has 0 radical (unpaired) electrons. The second-order valence-electron chi connectivity index (χ2n) is 6.69. The Morgan fingerprint density at radius 2 is 2.04 bits per heavy atom. The summed E-state index contributed by atoms with van der Waals surface area (Å²) in [5.74, 6) is -0.0674. The number of nitrogens with zero attached hydrogens (tertiary/aromatic N) is 1. The summed E-state index contributed by atoms with van der Waals surface area (Å²) in [7, 11) is 0. The van der Waals surface area contributed by atoms with Crippen LogP contribution in [0.3, 0.4) is 0 Å². The first-order valence-corrected chi connectivity index (χ1v) is 8.23. The van der Waals surface area contributed by atoms with Crippen LogP contribution in [0.2, 0.25) is 0 Å². The van der Waals surface area contributed by atoms with Crippen molar-refractivity contribution in [2.75, 3.05) is 13.1 Å². The van der Waals surface area contributed by atoms with Crippen molar-refractivity contribution in [1.82, 2.24) is 10.2 Å². The molecule has 5 heteroatoms. The average Bonchev–Trinajstić information content (AvgIpc) is 2.86. The number of aliphatic hydroxyl groups excluding tert-OH is 1. The minimum absolute atomic E-state index is 0.0109. The van der Waals surface area contributed by atoms with E-state index in [1.165, 1.54) is 0 Å². The van der Waals surface area contributed by atoms with Crippen LogP contribution in [0.5, 0.6) is 0 Å². The fourth-order valence-electron chi connectivity index (χ4n) is 2.89. The summed E-state index contributed by atoms with van der Waals surface area (Å²) in [6.45, 7) is 5.30. The van der Waals surface area contributed by atoms with Crippen LogP contribution in [0, 0.1) is 11.8 Å². The molecule has 2 N–H and O–H groups in total. The predicted molar refractivity (Wildman–Crippen MR) is 88.4 cm³/mol. The Balaban J connectivity index is 1.81. The summed E-state index contributed by atoms with van der Waals surface area (Å²) in [5.41, 5.74) is 1.06. The first kappa shape index (κ1) is 17.5. The molecule has 1 aromatic carbocycles. The molecule has 2 unspecified atom stereocenters. The van der Waals surface area contributed by atoms with Gasteiger partial charge in [0.25, 0.3) is 0 Å². The van der Waals surface area contributed by atoms with Crippen LogP contribution >= 0.6 is 0 Å². The lowest BCUT2D eigenvalue weighted by Gasteiger charge is -2.18. The molecule has 0 bridgehead atoms. The van der Waals surface area contributed by atoms with Gasteiger partial charge in [-0.1, -0.05) is 44.2 Å². The molecule has 1 aliphatic heterocycles. The number of aliphatic hydroxyl groups is 1. The fourth-order valence-corrected chi connectivity index (χ4v) is 2.89. The van der Waals surface area contributed by atoms with Gasteiger partial charge in [-0.2, -0.15) is 0 Å². The maximum absolute atomic E-state index is 12.2. The molecule has 0 spiro atoms. The van der Waals surface area contributed by atoms with Gasteiger partial charge in [-0.15, -0.1) is 0 Å². The third kappa shape index (κ3) is 5.36. The number of carbonyl (C=O) groups is 2. The Hall–Kier alpha value is -1.88. The minimum atomic E-state index is -0.531. The standard InChI is InChI=1S/C18H26N2O3/c1-13(2)8-16(21)10-19-18(23)15-9-17(22)20(12-15)11-14-6-4-3-5-7-14/h3-7,13,15-16,21H,8-12H2,1-2H3,(H,19,23). The molecule has 0 aliphatic carbocycles. The van der Waals surface area contributed by atoms with E-state index in [0.29, 0.717) is 25.4 Å². The lowest BCUT2D eigenvalue weighted by atomic mass is 10.1. The van der Waals surface area contributed by atoms with Gasteiger partial charge in [-0.05, 0) is 17.9 Å². The molecule has 1 saturated heterocycles. The van der Waals surface area contributed by atoms with E-state index in [1.807, 2.05) is 44.2 Å². The van der Waals surface area contributed by atoms with E-state index in [1.54, 1.807) is 4.90 Å². The second-order valence-corrected chi connectivity index (χ2v) is 6.69. The summed E-state index contributed by atoms with van der Waals surface area (Å²) in [5, 5.41) is 12.6. The molecule has 0 aromatic heterocycles. The summed E-state index contributed by atoms with van der Waals surface area (Å²) in [4.78, 5) is 26.0. The molecule has 1 heterocycles. The highest BCUT2D eigenvalue weighted by Gasteiger charge is 2.34. The quantitative estimate of drug-likeness (QED) is 0.801. The van der Waals surface area contributed by atoms with Gasteiger partial charge in [0.2, 0.25) is 11.8 Å². The number of hydrogen-bond acceptors (Lipinski definition) is 3. The number of rotatable bonds is 7. The van der Waals surface area contributed by atoms with Gasteiger partial charge in [-0.3, -0.25) is 9.59 Å². The van der Waals surface area contributed by atoms with Crippen molar-refractivity contribution in [3.63, 3.8) is 0 Å². The van der Waals surface area contributed by atoms with Crippen molar-refractivity contribution in [3.8, 4) is 0 Å². The fraction of sp³-hybridized carbons (Fsp3) is 0.556. The predicted octanol–water partition coefficient (Wildman–Crippen LogP) is 1.56. The normalized spacial score (nSPS) is 19.2. The SMILES string of the molecule is CC(C)CC(O)CNC(=O)C1CC(=O)N(Cc2ccccc2)C1. The topological polar surface area (TPSA) is 69.6 Å². The van der Waals surface area contributed by atoms with E-state index in [4.69, 9.17) is 0 Å². The van der Waals surface area contributed by atoms with Crippen LogP contribution < -0.4 is 5.32 Å². The zero-order chi connectivity index (χ0) is 16.8. The van der Waals surface area contributed by atoms with Gasteiger partial charge in [0.05, 0.1) is 12.0 Å². The lowest BCUT2D eigenvalue weighted by Crippen LogP contribution is -2.37. The highest BCUT2D eigenvalue weighted by Crippen LogP contribution is 2.20. The maximum atomic E-state index is 12.2. The molecule has 1 aliphatic rings. The molecule has 1 fully saturated rings. The Morgan fingerprint density at radius 1 is 1.35 bits per heavy atom. The molecular weight excluding hydrogens is 292 g/mol. The van der Waals surface area contributed by atoms with Gasteiger partial charge >= 0.3 is 0 Å². The lowest BCUT2D eigenvalue weighted by molar-refractivity contribution is -0.129. The molecule has 2 amide bonds. The van der Waals surface area contributed by atoms with Crippen molar-refractivity contribution in [3.05, 3.63) is 35.9 Å². The number of amides is 2. The van der Waals surface area contributed by atoms with Crippen molar-refractivity contribution in [2.24, 2.45) is 11.8 Å².